The molecule has 0 aromatic carbocycles. The van der Waals surface area contributed by atoms with Crippen LogP contribution in [0.2, 0.25) is 0 Å². The largest absolute Gasteiger partial charge is 0.327 e. The predicted molar refractivity (Wildman–Crippen MR) is 84.2 cm³/mol. The van der Waals surface area contributed by atoms with E-state index in [9.17, 15) is 0 Å². The minimum Gasteiger partial charge on any atom is -0.327 e. The summed E-state index contributed by atoms with van der Waals surface area (Å²) in [7, 11) is 0. The highest BCUT2D eigenvalue weighted by molar-refractivity contribution is 8.00. The van der Waals surface area contributed by atoms with Crippen molar-refractivity contribution in [2.75, 3.05) is 25.4 Å². The molecule has 1 fully saturated rings. The van der Waals surface area contributed by atoms with Crippen molar-refractivity contribution in [1.29, 1.82) is 0 Å². The monoisotopic (exact) mass is 272 g/mol. The standard InChI is InChI=1S/C15H32N2S/c1-5-17(6-2)9-10-18-15-11-13(12(3)4)7-8-14(15)16/h12-15H,5-11,16H2,1-4H3. The summed E-state index contributed by atoms with van der Waals surface area (Å²) >= 11 is 2.12. The van der Waals surface area contributed by atoms with Crippen molar-refractivity contribution in [1.82, 2.24) is 4.90 Å². The summed E-state index contributed by atoms with van der Waals surface area (Å²) < 4.78 is 0. The first-order valence-corrected chi connectivity index (χ1v) is 8.72. The molecule has 3 unspecified atom stereocenters. The lowest BCUT2D eigenvalue weighted by Crippen LogP contribution is -2.40. The molecule has 0 radical (unpaired) electrons. The molecule has 1 saturated carbocycles. The van der Waals surface area contributed by atoms with Crippen molar-refractivity contribution >= 4 is 11.8 Å². The molecule has 2 N–H and O–H groups in total. The van der Waals surface area contributed by atoms with Crippen LogP contribution in [-0.2, 0) is 0 Å². The van der Waals surface area contributed by atoms with Gasteiger partial charge in [-0.3, -0.25) is 0 Å². The topological polar surface area (TPSA) is 29.3 Å². The molecule has 0 aromatic heterocycles. The molecular weight excluding hydrogens is 240 g/mol. The molecule has 0 amide bonds. The molecule has 0 saturated heterocycles. The average molecular weight is 273 g/mol. The molecule has 108 valence electrons. The SMILES string of the molecule is CCN(CC)CCSC1CC(C(C)C)CCC1N. The molecule has 1 aliphatic rings. The fraction of sp³-hybridized carbons (Fsp3) is 1.00. The Bertz CT molecular complexity index is 217. The third-order valence-electron chi connectivity index (χ3n) is 4.46. The Morgan fingerprint density at radius 1 is 1.22 bits per heavy atom. The van der Waals surface area contributed by atoms with Crippen LogP contribution in [0.4, 0.5) is 0 Å². The molecule has 0 aliphatic heterocycles. The Morgan fingerprint density at radius 2 is 1.89 bits per heavy atom. The van der Waals surface area contributed by atoms with E-state index in [1.165, 1.54) is 44.6 Å². The van der Waals surface area contributed by atoms with Crippen LogP contribution in [-0.4, -0.2) is 41.6 Å². The predicted octanol–water partition coefficient (Wildman–Crippen LogP) is 3.21. The fourth-order valence-corrected chi connectivity index (χ4v) is 4.29. The van der Waals surface area contributed by atoms with Gasteiger partial charge < -0.3 is 10.6 Å². The maximum atomic E-state index is 6.29. The van der Waals surface area contributed by atoms with Gasteiger partial charge in [0.2, 0.25) is 0 Å². The second kappa shape index (κ2) is 8.44. The van der Waals surface area contributed by atoms with E-state index in [0.29, 0.717) is 11.3 Å². The third kappa shape index (κ3) is 5.10. The van der Waals surface area contributed by atoms with Crippen molar-refractivity contribution in [2.45, 2.75) is 58.2 Å². The van der Waals surface area contributed by atoms with Crippen molar-refractivity contribution in [3.05, 3.63) is 0 Å². The van der Waals surface area contributed by atoms with Gasteiger partial charge in [0.1, 0.15) is 0 Å². The average Bonchev–Trinajstić information content (AvgIpc) is 2.36. The van der Waals surface area contributed by atoms with Gasteiger partial charge in [-0.25, -0.2) is 0 Å². The van der Waals surface area contributed by atoms with Crippen molar-refractivity contribution in [3.8, 4) is 0 Å². The molecule has 1 rings (SSSR count). The summed E-state index contributed by atoms with van der Waals surface area (Å²) in [4.78, 5) is 2.50. The molecule has 2 nitrogen and oxygen atoms in total. The summed E-state index contributed by atoms with van der Waals surface area (Å²) in [5.74, 6) is 2.96. The maximum Gasteiger partial charge on any atom is 0.0202 e. The lowest BCUT2D eigenvalue weighted by Gasteiger charge is -2.36. The van der Waals surface area contributed by atoms with E-state index in [1.807, 2.05) is 0 Å². The number of hydrogen-bond acceptors (Lipinski definition) is 3. The first-order valence-electron chi connectivity index (χ1n) is 7.67. The van der Waals surface area contributed by atoms with E-state index < -0.39 is 0 Å². The lowest BCUT2D eigenvalue weighted by atomic mass is 9.79. The first-order chi connectivity index (χ1) is 8.58. The summed E-state index contributed by atoms with van der Waals surface area (Å²) in [6.07, 6.45) is 3.90. The van der Waals surface area contributed by atoms with Gasteiger partial charge >= 0.3 is 0 Å². The second-order valence-electron chi connectivity index (χ2n) is 5.92. The molecule has 3 heteroatoms. The number of hydrogen-bond donors (Lipinski definition) is 1. The Labute approximate surface area is 118 Å². The minimum atomic E-state index is 0.432. The third-order valence-corrected chi connectivity index (χ3v) is 5.85. The van der Waals surface area contributed by atoms with Gasteiger partial charge in [-0.2, -0.15) is 11.8 Å². The van der Waals surface area contributed by atoms with E-state index in [1.54, 1.807) is 0 Å². The molecule has 0 spiro atoms. The highest BCUT2D eigenvalue weighted by Gasteiger charge is 2.29. The summed E-state index contributed by atoms with van der Waals surface area (Å²) in [6.45, 7) is 12.8. The van der Waals surface area contributed by atoms with Crippen LogP contribution in [0.1, 0.15) is 47.0 Å². The second-order valence-corrected chi connectivity index (χ2v) is 7.26. The maximum absolute atomic E-state index is 6.29. The van der Waals surface area contributed by atoms with Crippen LogP contribution in [0.15, 0.2) is 0 Å². The van der Waals surface area contributed by atoms with Gasteiger partial charge in [-0.15, -0.1) is 0 Å². The van der Waals surface area contributed by atoms with Crippen molar-refractivity contribution in [3.63, 3.8) is 0 Å². The zero-order valence-corrected chi connectivity index (χ0v) is 13.5. The fourth-order valence-electron chi connectivity index (χ4n) is 2.85. The van der Waals surface area contributed by atoms with Gasteiger partial charge in [-0.1, -0.05) is 27.7 Å². The van der Waals surface area contributed by atoms with E-state index in [2.05, 4.69) is 44.4 Å². The van der Waals surface area contributed by atoms with Gasteiger partial charge in [0, 0.05) is 23.6 Å². The van der Waals surface area contributed by atoms with Crippen LogP contribution in [0.3, 0.4) is 0 Å². The molecule has 0 aromatic rings. The van der Waals surface area contributed by atoms with E-state index >= 15 is 0 Å². The zero-order valence-electron chi connectivity index (χ0n) is 12.7. The van der Waals surface area contributed by atoms with E-state index in [0.717, 1.165) is 11.8 Å². The number of nitrogens with two attached hydrogens (primary N) is 1. The highest BCUT2D eigenvalue weighted by atomic mass is 32.2. The molecule has 0 bridgehead atoms. The lowest BCUT2D eigenvalue weighted by molar-refractivity contribution is 0.265. The van der Waals surface area contributed by atoms with Crippen LogP contribution in [0.25, 0.3) is 0 Å². The Balaban J connectivity index is 2.30. The van der Waals surface area contributed by atoms with Crippen molar-refractivity contribution in [2.24, 2.45) is 17.6 Å². The van der Waals surface area contributed by atoms with Gasteiger partial charge in [-0.05, 0) is 44.2 Å². The Kier molecular flexibility index (Phi) is 7.66. The molecular formula is C15H32N2S. The summed E-state index contributed by atoms with van der Waals surface area (Å²) in [5, 5.41) is 0.696. The molecule has 3 atom stereocenters. The number of thioether (sulfide) groups is 1. The van der Waals surface area contributed by atoms with Crippen LogP contribution in [0.5, 0.6) is 0 Å². The minimum absolute atomic E-state index is 0.432. The van der Waals surface area contributed by atoms with E-state index in [4.69, 9.17) is 5.73 Å². The zero-order chi connectivity index (χ0) is 13.5. The van der Waals surface area contributed by atoms with Crippen LogP contribution < -0.4 is 5.73 Å². The molecule has 1 aliphatic carbocycles. The summed E-state index contributed by atoms with van der Waals surface area (Å²) in [6, 6.07) is 0.432. The molecule has 0 heterocycles. The van der Waals surface area contributed by atoms with Gasteiger partial charge in [0.05, 0.1) is 0 Å². The molecule has 18 heavy (non-hydrogen) atoms. The smallest absolute Gasteiger partial charge is 0.0202 e. The van der Waals surface area contributed by atoms with Gasteiger partial charge in [0.15, 0.2) is 0 Å². The van der Waals surface area contributed by atoms with E-state index in [-0.39, 0.29) is 0 Å². The van der Waals surface area contributed by atoms with Crippen LogP contribution in [0, 0.1) is 11.8 Å². The normalized spacial score (nSPS) is 29.2. The number of rotatable bonds is 7. The number of nitrogens with zero attached hydrogens (tertiary/aromatic N) is 1. The van der Waals surface area contributed by atoms with Gasteiger partial charge in [0.25, 0.3) is 0 Å². The first kappa shape index (κ1) is 16.3. The van der Waals surface area contributed by atoms with Crippen LogP contribution >= 0.6 is 11.8 Å². The highest BCUT2D eigenvalue weighted by Crippen LogP contribution is 2.35. The Morgan fingerprint density at radius 3 is 2.44 bits per heavy atom. The Hall–Kier alpha value is 0.270. The quantitative estimate of drug-likeness (QED) is 0.771. The summed E-state index contributed by atoms with van der Waals surface area (Å²) in [5.41, 5.74) is 6.29. The van der Waals surface area contributed by atoms with Crippen molar-refractivity contribution < 1.29 is 0 Å².